The lowest BCUT2D eigenvalue weighted by atomic mass is 10.3. The Bertz CT molecular complexity index is 520. The van der Waals surface area contributed by atoms with Gasteiger partial charge in [0.25, 0.3) is 0 Å². The van der Waals surface area contributed by atoms with Crippen LogP contribution in [0.1, 0.15) is 32.3 Å². The molecule has 0 radical (unpaired) electrons. The summed E-state index contributed by atoms with van der Waals surface area (Å²) in [5, 5.41) is 3.20. The Morgan fingerprint density at radius 3 is 2.75 bits per heavy atom. The van der Waals surface area contributed by atoms with Crippen molar-refractivity contribution in [3.63, 3.8) is 0 Å². The van der Waals surface area contributed by atoms with Crippen LogP contribution >= 0.6 is 0 Å². The number of ether oxygens (including phenoxy) is 1. The molecule has 0 bridgehead atoms. The van der Waals surface area contributed by atoms with Crippen molar-refractivity contribution in [1.29, 1.82) is 0 Å². The third kappa shape index (κ3) is 8.03. The van der Waals surface area contributed by atoms with E-state index in [1.54, 1.807) is 6.07 Å². The van der Waals surface area contributed by atoms with Crippen molar-refractivity contribution >= 4 is 5.96 Å². The van der Waals surface area contributed by atoms with Gasteiger partial charge in [-0.1, -0.05) is 13.3 Å². The monoisotopic (exact) mass is 346 g/mol. The SMILES string of the molecule is CCCCN(C)C(=NCc1ccnc(OCC(F)(F)F)c1)NCC. The van der Waals surface area contributed by atoms with Gasteiger partial charge in [0.1, 0.15) is 0 Å². The number of rotatable bonds is 8. The van der Waals surface area contributed by atoms with Gasteiger partial charge in [0.2, 0.25) is 5.88 Å². The Morgan fingerprint density at radius 2 is 2.12 bits per heavy atom. The smallest absolute Gasteiger partial charge is 0.422 e. The standard InChI is InChI=1S/C16H25F3N4O/c1-4-6-9-23(3)15(20-5-2)22-11-13-7-8-21-14(10-13)24-12-16(17,18)19/h7-8,10H,4-6,9,11-12H2,1-3H3,(H,20,22). The fraction of sp³-hybridized carbons (Fsp3) is 0.625. The van der Waals surface area contributed by atoms with Crippen molar-refractivity contribution in [2.24, 2.45) is 4.99 Å². The molecule has 0 saturated heterocycles. The summed E-state index contributed by atoms with van der Waals surface area (Å²) in [6.07, 6.45) is -0.806. The molecule has 0 saturated carbocycles. The summed E-state index contributed by atoms with van der Waals surface area (Å²) in [6, 6.07) is 3.18. The molecule has 136 valence electrons. The minimum atomic E-state index is -4.38. The third-order valence-corrected chi connectivity index (χ3v) is 3.14. The minimum Gasteiger partial charge on any atom is -0.468 e. The van der Waals surface area contributed by atoms with Crippen molar-refractivity contribution in [2.45, 2.75) is 39.4 Å². The van der Waals surface area contributed by atoms with E-state index in [0.29, 0.717) is 6.54 Å². The minimum absolute atomic E-state index is 0.0515. The summed E-state index contributed by atoms with van der Waals surface area (Å²) >= 11 is 0. The molecule has 1 aromatic rings. The highest BCUT2D eigenvalue weighted by Gasteiger charge is 2.28. The van der Waals surface area contributed by atoms with Crippen molar-refractivity contribution in [2.75, 3.05) is 26.7 Å². The van der Waals surface area contributed by atoms with Crippen LogP contribution in [0.5, 0.6) is 5.88 Å². The van der Waals surface area contributed by atoms with E-state index in [9.17, 15) is 13.2 Å². The largest absolute Gasteiger partial charge is 0.468 e. The van der Waals surface area contributed by atoms with Gasteiger partial charge in [-0.3, -0.25) is 0 Å². The molecule has 0 spiro atoms. The fourth-order valence-corrected chi connectivity index (χ4v) is 1.92. The van der Waals surface area contributed by atoms with E-state index in [1.165, 1.54) is 12.3 Å². The average molecular weight is 346 g/mol. The molecular weight excluding hydrogens is 321 g/mol. The van der Waals surface area contributed by atoms with Gasteiger partial charge in [-0.15, -0.1) is 0 Å². The summed E-state index contributed by atoms with van der Waals surface area (Å²) in [4.78, 5) is 10.3. The molecule has 0 unspecified atom stereocenters. The summed E-state index contributed by atoms with van der Waals surface area (Å²) < 4.78 is 41.2. The summed E-state index contributed by atoms with van der Waals surface area (Å²) in [6.45, 7) is 4.72. The van der Waals surface area contributed by atoms with Gasteiger partial charge in [-0.2, -0.15) is 13.2 Å². The van der Waals surface area contributed by atoms with Crippen molar-refractivity contribution in [3.05, 3.63) is 23.9 Å². The molecule has 1 heterocycles. The van der Waals surface area contributed by atoms with E-state index in [-0.39, 0.29) is 5.88 Å². The first-order valence-electron chi connectivity index (χ1n) is 7.99. The second kappa shape index (κ2) is 10.00. The summed E-state index contributed by atoms with van der Waals surface area (Å²) in [7, 11) is 1.96. The van der Waals surface area contributed by atoms with E-state index < -0.39 is 12.8 Å². The zero-order valence-corrected chi connectivity index (χ0v) is 14.4. The van der Waals surface area contributed by atoms with Crippen LogP contribution in [0.15, 0.2) is 23.3 Å². The molecule has 24 heavy (non-hydrogen) atoms. The Kier molecular flexibility index (Phi) is 8.35. The number of guanidine groups is 1. The lowest BCUT2D eigenvalue weighted by Crippen LogP contribution is -2.39. The number of nitrogens with one attached hydrogen (secondary N) is 1. The summed E-state index contributed by atoms with van der Waals surface area (Å²) in [5.74, 6) is 0.713. The zero-order valence-electron chi connectivity index (χ0n) is 14.4. The molecule has 5 nitrogen and oxygen atoms in total. The van der Waals surface area contributed by atoms with Crippen molar-refractivity contribution in [1.82, 2.24) is 15.2 Å². The maximum atomic E-state index is 12.2. The molecule has 0 aliphatic carbocycles. The second-order valence-electron chi connectivity index (χ2n) is 5.35. The van der Waals surface area contributed by atoms with Crippen molar-refractivity contribution < 1.29 is 17.9 Å². The van der Waals surface area contributed by atoms with Gasteiger partial charge in [0, 0.05) is 32.4 Å². The average Bonchev–Trinajstić information content (AvgIpc) is 2.54. The highest BCUT2D eigenvalue weighted by atomic mass is 19.4. The molecule has 0 fully saturated rings. The Labute approximate surface area is 140 Å². The van der Waals surface area contributed by atoms with Crippen LogP contribution in [0.4, 0.5) is 13.2 Å². The van der Waals surface area contributed by atoms with E-state index in [0.717, 1.165) is 37.5 Å². The molecule has 1 aromatic heterocycles. The highest BCUT2D eigenvalue weighted by Crippen LogP contribution is 2.17. The predicted octanol–water partition coefficient (Wildman–Crippen LogP) is 3.22. The first kappa shape index (κ1) is 20.1. The molecule has 8 heteroatoms. The van der Waals surface area contributed by atoms with Gasteiger partial charge in [0.15, 0.2) is 12.6 Å². The number of hydrogen-bond acceptors (Lipinski definition) is 3. The molecule has 0 aliphatic heterocycles. The second-order valence-corrected chi connectivity index (χ2v) is 5.35. The van der Waals surface area contributed by atoms with E-state index in [2.05, 4.69) is 27.0 Å². The van der Waals surface area contributed by atoms with Crippen molar-refractivity contribution in [3.8, 4) is 5.88 Å². The van der Waals surface area contributed by atoms with Crippen LogP contribution < -0.4 is 10.1 Å². The third-order valence-electron chi connectivity index (χ3n) is 3.14. The van der Waals surface area contributed by atoms with Gasteiger partial charge in [-0.05, 0) is 25.0 Å². The molecule has 1 N–H and O–H groups in total. The maximum absolute atomic E-state index is 12.2. The quantitative estimate of drug-likeness (QED) is 0.580. The summed E-state index contributed by atoms with van der Waals surface area (Å²) in [5.41, 5.74) is 0.737. The molecule has 0 aromatic carbocycles. The highest BCUT2D eigenvalue weighted by molar-refractivity contribution is 5.79. The Hall–Kier alpha value is -1.99. The first-order valence-corrected chi connectivity index (χ1v) is 7.99. The molecule has 0 amide bonds. The van der Waals surface area contributed by atoms with Crippen LogP contribution in [0.25, 0.3) is 0 Å². The normalized spacial score (nSPS) is 12.2. The van der Waals surface area contributed by atoms with Crippen LogP contribution in [-0.4, -0.2) is 48.8 Å². The maximum Gasteiger partial charge on any atom is 0.422 e. The first-order chi connectivity index (χ1) is 11.4. The Morgan fingerprint density at radius 1 is 1.38 bits per heavy atom. The number of halogens is 3. The number of pyridine rings is 1. The molecule has 0 atom stereocenters. The topological polar surface area (TPSA) is 49.8 Å². The van der Waals surface area contributed by atoms with Gasteiger partial charge in [-0.25, -0.2) is 9.98 Å². The van der Waals surface area contributed by atoms with Gasteiger partial charge < -0.3 is 15.0 Å². The number of nitrogens with zero attached hydrogens (tertiary/aromatic N) is 3. The van der Waals surface area contributed by atoms with Crippen LogP contribution in [-0.2, 0) is 6.54 Å². The van der Waals surface area contributed by atoms with E-state index in [1.807, 2.05) is 18.9 Å². The number of aromatic nitrogens is 1. The number of unbranched alkanes of at least 4 members (excludes halogenated alkanes) is 1. The van der Waals surface area contributed by atoms with Gasteiger partial charge in [0.05, 0.1) is 6.54 Å². The van der Waals surface area contributed by atoms with E-state index in [4.69, 9.17) is 0 Å². The number of hydrogen-bond donors (Lipinski definition) is 1. The molecule has 1 rings (SSSR count). The van der Waals surface area contributed by atoms with Gasteiger partial charge >= 0.3 is 6.18 Å². The zero-order chi connectivity index (χ0) is 18.0. The fourth-order valence-electron chi connectivity index (χ4n) is 1.92. The lowest BCUT2D eigenvalue weighted by Gasteiger charge is -2.21. The number of alkyl halides is 3. The number of aliphatic imine (C=N–C) groups is 1. The van der Waals surface area contributed by atoms with E-state index >= 15 is 0 Å². The Balaban J connectivity index is 2.71. The van der Waals surface area contributed by atoms with Crippen LogP contribution in [0.3, 0.4) is 0 Å². The van der Waals surface area contributed by atoms with Crippen LogP contribution in [0, 0.1) is 0 Å². The molecule has 0 aliphatic rings. The molecular formula is C16H25F3N4O. The predicted molar refractivity (Wildman–Crippen MR) is 88.1 cm³/mol. The lowest BCUT2D eigenvalue weighted by molar-refractivity contribution is -0.154. The van der Waals surface area contributed by atoms with Crippen LogP contribution in [0.2, 0.25) is 0 Å².